The van der Waals surface area contributed by atoms with Gasteiger partial charge in [0.2, 0.25) is 0 Å². The van der Waals surface area contributed by atoms with Crippen LogP contribution in [0.25, 0.3) is 0 Å². The van der Waals surface area contributed by atoms with Gasteiger partial charge in [0.15, 0.2) is 0 Å². The Labute approximate surface area is 39.4 Å². The van der Waals surface area contributed by atoms with Gasteiger partial charge in [-0.1, -0.05) is 6.42 Å². The molecule has 1 saturated heterocycles. The molecule has 0 radical (unpaired) electrons. The fourth-order valence-electron chi connectivity index (χ4n) is 1.08. The second-order valence-corrected chi connectivity index (χ2v) is 2.16. The van der Waals surface area contributed by atoms with E-state index in [-0.39, 0.29) is 0 Å². The summed E-state index contributed by atoms with van der Waals surface area (Å²) in [5.74, 6) is 0. The van der Waals surface area contributed by atoms with Crippen LogP contribution in [0.2, 0.25) is 6.32 Å². The second-order valence-electron chi connectivity index (χ2n) is 2.16. The van der Waals surface area contributed by atoms with Crippen molar-refractivity contribution in [3.63, 3.8) is 0 Å². The maximum atomic E-state index is 3.41. The summed E-state index contributed by atoms with van der Waals surface area (Å²) in [5.41, 5.74) is 0. The zero-order valence-electron chi connectivity index (χ0n) is 4.33. The predicted molar refractivity (Wildman–Crippen MR) is 30.6 cm³/mol. The van der Waals surface area contributed by atoms with E-state index in [2.05, 4.69) is 5.23 Å². The topological polar surface area (TPSA) is 12.0 Å². The molecule has 0 aromatic rings. The Balaban J connectivity index is 2.00. The van der Waals surface area contributed by atoms with Crippen LogP contribution in [0.1, 0.15) is 12.8 Å². The molecule has 0 unspecified atom stereocenters. The number of hydrogen-bond acceptors (Lipinski definition) is 1. The third-order valence-electron chi connectivity index (χ3n) is 1.53. The lowest BCUT2D eigenvalue weighted by Crippen LogP contribution is -2.24. The Hall–Kier alpha value is 0.0249. The van der Waals surface area contributed by atoms with Gasteiger partial charge in [0.05, 0.1) is 0 Å². The van der Waals surface area contributed by atoms with Gasteiger partial charge in [-0.15, -0.1) is 0 Å². The van der Waals surface area contributed by atoms with E-state index in [1.807, 2.05) is 0 Å². The summed E-state index contributed by atoms with van der Waals surface area (Å²) in [6.45, 7) is 1.31. The highest BCUT2D eigenvalue weighted by molar-refractivity contribution is 6.32. The molecule has 1 fully saturated rings. The fourth-order valence-corrected chi connectivity index (χ4v) is 1.08. The molecule has 0 amide bonds. The molecule has 6 heavy (non-hydrogen) atoms. The van der Waals surface area contributed by atoms with Crippen molar-refractivity contribution in [3.05, 3.63) is 0 Å². The van der Waals surface area contributed by atoms with Crippen molar-refractivity contribution in [2.45, 2.75) is 19.2 Å². The quantitative estimate of drug-likeness (QED) is 0.403. The first kappa shape index (κ1) is 4.19. The van der Waals surface area contributed by atoms with E-state index >= 15 is 0 Å². The first-order valence-corrected chi connectivity index (χ1v) is 3.06. The van der Waals surface area contributed by atoms with Gasteiger partial charge >= 0.3 is 0 Å². The van der Waals surface area contributed by atoms with Crippen LogP contribution >= 0.6 is 0 Å². The molecule has 1 heterocycles. The van der Waals surface area contributed by atoms with E-state index in [0.29, 0.717) is 7.41 Å². The number of rotatable bonds is 0. The van der Waals surface area contributed by atoms with Gasteiger partial charge in [0.25, 0.3) is 0 Å². The van der Waals surface area contributed by atoms with Gasteiger partial charge in [-0.05, 0) is 13.0 Å². The van der Waals surface area contributed by atoms with Gasteiger partial charge < -0.3 is 5.23 Å². The molecule has 0 aliphatic carbocycles. The van der Waals surface area contributed by atoms with Crippen molar-refractivity contribution in [1.29, 1.82) is 0 Å². The normalized spacial score (nSPS) is 24.0. The molecule has 1 nitrogen and oxygen atoms in total. The summed E-state index contributed by atoms with van der Waals surface area (Å²) in [7, 11) is 0.358. The Morgan fingerprint density at radius 2 is 2.33 bits per heavy atom. The molecule has 2 heteroatoms. The minimum atomic E-state index is 0.358. The van der Waals surface area contributed by atoms with E-state index in [9.17, 15) is 0 Å². The minimum absolute atomic E-state index is 0.358. The van der Waals surface area contributed by atoms with Crippen molar-refractivity contribution in [3.8, 4) is 0 Å². The highest BCUT2D eigenvalue weighted by atomic mass is 14.7. The summed E-state index contributed by atoms with van der Waals surface area (Å²) < 4.78 is 0. The summed E-state index contributed by atoms with van der Waals surface area (Å²) in [5, 5.41) is 3.41. The van der Waals surface area contributed by atoms with Crippen LogP contribution in [-0.4, -0.2) is 14.0 Å². The maximum absolute atomic E-state index is 3.41. The molecule has 1 rings (SSSR count). The third-order valence-corrected chi connectivity index (χ3v) is 1.53. The molecule has 1 aliphatic rings. The lowest BCUT2D eigenvalue weighted by Gasteiger charge is -2.15. The van der Waals surface area contributed by atoms with Crippen LogP contribution in [-0.2, 0) is 0 Å². The monoisotopic (exact) mass is 84.1 g/mol. The van der Waals surface area contributed by atoms with Crippen molar-refractivity contribution in [2.24, 2.45) is 0 Å². The summed E-state index contributed by atoms with van der Waals surface area (Å²) in [4.78, 5) is 0. The second kappa shape index (κ2) is 2.24. The van der Waals surface area contributed by atoms with Crippen LogP contribution in [0.15, 0.2) is 0 Å². The zero-order chi connectivity index (χ0) is 4.24. The van der Waals surface area contributed by atoms with Crippen molar-refractivity contribution >= 4 is 7.41 Å². The van der Waals surface area contributed by atoms with Crippen LogP contribution in [0.4, 0.5) is 0 Å². The van der Waals surface area contributed by atoms with E-state index in [0.717, 1.165) is 0 Å². The molecular weight excluding hydrogens is 72.9 g/mol. The summed E-state index contributed by atoms with van der Waals surface area (Å²) in [6, 6.07) is 0. The predicted octanol–water partition coefficient (Wildman–Crippen LogP) is -0.128. The van der Waals surface area contributed by atoms with Gasteiger partial charge in [0.1, 0.15) is 0 Å². The van der Waals surface area contributed by atoms with Gasteiger partial charge in [-0.3, -0.25) is 0 Å². The SMILES string of the molecule is [BH2-]1CCCCN1. The Morgan fingerprint density at radius 1 is 1.33 bits per heavy atom. The summed E-state index contributed by atoms with van der Waals surface area (Å²) in [6.07, 6.45) is 4.43. The lowest BCUT2D eigenvalue weighted by atomic mass is 9.83. The average molecular weight is 84.0 g/mol. The smallest absolute Gasteiger partial charge is 0.0278 e. The fraction of sp³-hybridized carbons (Fsp3) is 1.00. The van der Waals surface area contributed by atoms with E-state index in [1.165, 1.54) is 25.7 Å². The van der Waals surface area contributed by atoms with Gasteiger partial charge in [-0.25, -0.2) is 0 Å². The van der Waals surface area contributed by atoms with E-state index in [4.69, 9.17) is 0 Å². The summed E-state index contributed by atoms with van der Waals surface area (Å²) >= 11 is 0. The van der Waals surface area contributed by atoms with E-state index in [1.54, 1.807) is 0 Å². The molecular formula is C4H11BN-. The molecule has 0 aromatic carbocycles. The van der Waals surface area contributed by atoms with Gasteiger partial charge in [-0.2, -0.15) is 6.32 Å². The van der Waals surface area contributed by atoms with Crippen LogP contribution in [0.5, 0.6) is 0 Å². The Morgan fingerprint density at radius 3 is 2.50 bits per heavy atom. The largest absolute Gasteiger partial charge is 0.494 e. The lowest BCUT2D eigenvalue weighted by molar-refractivity contribution is 0.722. The maximum Gasteiger partial charge on any atom is 0.0278 e. The van der Waals surface area contributed by atoms with Crippen LogP contribution < -0.4 is 5.23 Å². The minimum Gasteiger partial charge on any atom is -0.494 e. The standard InChI is InChI=1S/C4H11BN/c1-2-4-6-5-3-1/h6H,1-5H2/q-1. The van der Waals surface area contributed by atoms with E-state index < -0.39 is 0 Å². The molecule has 0 atom stereocenters. The van der Waals surface area contributed by atoms with Crippen LogP contribution in [0.3, 0.4) is 0 Å². The average Bonchev–Trinajstić information content (AvgIpc) is 1.72. The molecule has 0 saturated carbocycles. The molecule has 0 aromatic heterocycles. The highest BCUT2D eigenvalue weighted by Crippen LogP contribution is 1.96. The molecule has 36 valence electrons. The number of hydrogen-bond donors (Lipinski definition) is 1. The Kier molecular flexibility index (Phi) is 1.57. The Bertz CT molecular complexity index is 23.0. The molecule has 1 aliphatic heterocycles. The highest BCUT2D eigenvalue weighted by Gasteiger charge is 1.88. The van der Waals surface area contributed by atoms with Gasteiger partial charge in [0, 0.05) is 7.41 Å². The first-order chi connectivity index (χ1) is 3.00. The molecule has 0 spiro atoms. The first-order valence-electron chi connectivity index (χ1n) is 3.06. The zero-order valence-corrected chi connectivity index (χ0v) is 4.33. The molecule has 0 bridgehead atoms. The number of nitrogens with one attached hydrogen (secondary N) is 1. The van der Waals surface area contributed by atoms with Crippen molar-refractivity contribution in [2.75, 3.05) is 6.54 Å². The molecule has 1 N–H and O–H groups in total. The van der Waals surface area contributed by atoms with Crippen LogP contribution in [0, 0.1) is 0 Å². The van der Waals surface area contributed by atoms with Crippen molar-refractivity contribution in [1.82, 2.24) is 5.23 Å². The van der Waals surface area contributed by atoms with Crippen molar-refractivity contribution < 1.29 is 0 Å². The third kappa shape index (κ3) is 1.01.